The number of hydrogen-bond acceptors (Lipinski definition) is 8. The van der Waals surface area contributed by atoms with Gasteiger partial charge in [0.25, 0.3) is 0 Å². The van der Waals surface area contributed by atoms with Crippen molar-refractivity contribution >= 4 is 19.8 Å². The fourth-order valence-electron chi connectivity index (χ4n) is 5.19. The van der Waals surface area contributed by atoms with E-state index in [2.05, 4.69) is 38.2 Å². The predicted octanol–water partition coefficient (Wildman–Crippen LogP) is 10.4. The minimum absolute atomic E-state index is 0.0522. The first-order chi connectivity index (χ1) is 23.3. The quantitative estimate of drug-likeness (QED) is 0.0283. The van der Waals surface area contributed by atoms with Crippen molar-refractivity contribution < 1.29 is 37.6 Å². The molecule has 0 bridgehead atoms. The van der Waals surface area contributed by atoms with Crippen molar-refractivity contribution in [3.05, 3.63) is 24.3 Å². The molecule has 0 heterocycles. The van der Waals surface area contributed by atoms with Gasteiger partial charge in [-0.1, -0.05) is 141 Å². The number of unbranched alkanes of at least 4 members (excludes halogenated alkanes) is 19. The van der Waals surface area contributed by atoms with Crippen molar-refractivity contribution in [3.63, 3.8) is 0 Å². The van der Waals surface area contributed by atoms with Crippen LogP contribution in [0.3, 0.4) is 0 Å². The highest BCUT2D eigenvalue weighted by Crippen LogP contribution is 2.43. The molecule has 0 rings (SSSR count). The number of carbonyl (C=O) groups excluding carboxylic acids is 2. The van der Waals surface area contributed by atoms with Gasteiger partial charge in [0.1, 0.15) is 6.61 Å². The molecular weight excluding hydrogens is 629 g/mol. The molecule has 1 unspecified atom stereocenters. The lowest BCUT2D eigenvalue weighted by atomic mass is 10.0. The Bertz CT molecular complexity index is 851. The summed E-state index contributed by atoms with van der Waals surface area (Å²) in [6.07, 6.45) is 34.9. The maximum Gasteiger partial charge on any atom is 0.472 e. The molecule has 0 aliphatic carbocycles. The lowest BCUT2D eigenvalue weighted by Crippen LogP contribution is -2.29. The summed E-state index contributed by atoms with van der Waals surface area (Å²) in [5.41, 5.74) is 5.33. The van der Waals surface area contributed by atoms with Crippen LogP contribution in [0.25, 0.3) is 0 Å². The third kappa shape index (κ3) is 34.4. The van der Waals surface area contributed by atoms with E-state index in [1.165, 1.54) is 83.5 Å². The Hall–Kier alpha value is -1.51. The number of ether oxygens (including phenoxy) is 2. The van der Waals surface area contributed by atoms with Crippen molar-refractivity contribution in [2.45, 2.75) is 180 Å². The second-order valence-electron chi connectivity index (χ2n) is 12.8. The Balaban J connectivity index is 4.24. The van der Waals surface area contributed by atoms with Crippen molar-refractivity contribution in [2.24, 2.45) is 5.73 Å². The molecule has 282 valence electrons. The normalized spacial score (nSPS) is 13.7. The summed E-state index contributed by atoms with van der Waals surface area (Å²) in [5.74, 6) is -0.842. The summed E-state index contributed by atoms with van der Waals surface area (Å²) in [7, 11) is -4.37. The molecular formula is C38H72NO8P. The third-order valence-electron chi connectivity index (χ3n) is 8.09. The number of rotatable bonds is 36. The van der Waals surface area contributed by atoms with Gasteiger partial charge in [0.2, 0.25) is 0 Å². The van der Waals surface area contributed by atoms with E-state index < -0.39 is 26.5 Å². The first kappa shape index (κ1) is 46.5. The minimum atomic E-state index is -4.37. The van der Waals surface area contributed by atoms with E-state index in [4.69, 9.17) is 24.3 Å². The molecule has 9 nitrogen and oxygen atoms in total. The van der Waals surface area contributed by atoms with Gasteiger partial charge in [0.05, 0.1) is 13.2 Å². The molecule has 2 atom stereocenters. The van der Waals surface area contributed by atoms with Crippen LogP contribution in [0.15, 0.2) is 24.3 Å². The number of allylic oxidation sites excluding steroid dienone is 4. The highest BCUT2D eigenvalue weighted by molar-refractivity contribution is 7.47. The van der Waals surface area contributed by atoms with Crippen LogP contribution < -0.4 is 5.73 Å². The molecule has 0 aromatic heterocycles. The Morgan fingerprint density at radius 1 is 0.625 bits per heavy atom. The third-order valence-corrected chi connectivity index (χ3v) is 9.07. The van der Waals surface area contributed by atoms with Crippen molar-refractivity contribution in [3.8, 4) is 0 Å². The smallest absolute Gasteiger partial charge is 0.462 e. The Morgan fingerprint density at radius 2 is 1.08 bits per heavy atom. The second kappa shape index (κ2) is 35.3. The average Bonchev–Trinajstić information content (AvgIpc) is 3.07. The van der Waals surface area contributed by atoms with Gasteiger partial charge in [0.15, 0.2) is 6.10 Å². The zero-order chi connectivity index (χ0) is 35.4. The molecule has 0 saturated carbocycles. The Kier molecular flexibility index (Phi) is 34.2. The Labute approximate surface area is 293 Å². The number of phosphoric acid groups is 1. The van der Waals surface area contributed by atoms with Gasteiger partial charge >= 0.3 is 19.8 Å². The van der Waals surface area contributed by atoms with Crippen molar-refractivity contribution in [1.82, 2.24) is 0 Å². The fraction of sp³-hybridized carbons (Fsp3) is 0.842. The summed E-state index contributed by atoms with van der Waals surface area (Å²) in [6.45, 7) is 3.68. The topological polar surface area (TPSA) is 134 Å². The summed E-state index contributed by atoms with van der Waals surface area (Å²) >= 11 is 0. The molecule has 0 aromatic carbocycles. The highest BCUT2D eigenvalue weighted by atomic mass is 31.2. The highest BCUT2D eigenvalue weighted by Gasteiger charge is 2.25. The number of carbonyl (C=O) groups is 2. The van der Waals surface area contributed by atoms with E-state index in [0.717, 1.165) is 57.8 Å². The van der Waals surface area contributed by atoms with Gasteiger partial charge in [-0.25, -0.2) is 4.57 Å². The molecule has 10 heteroatoms. The maximum absolute atomic E-state index is 12.5. The molecule has 0 saturated heterocycles. The van der Waals surface area contributed by atoms with E-state index in [0.29, 0.717) is 6.42 Å². The van der Waals surface area contributed by atoms with E-state index in [-0.39, 0.29) is 38.6 Å². The van der Waals surface area contributed by atoms with Crippen LogP contribution in [0, 0.1) is 0 Å². The molecule has 0 aliphatic heterocycles. The first-order valence-corrected chi connectivity index (χ1v) is 20.8. The molecule has 0 aromatic rings. The lowest BCUT2D eigenvalue weighted by molar-refractivity contribution is -0.161. The minimum Gasteiger partial charge on any atom is -0.462 e. The summed E-state index contributed by atoms with van der Waals surface area (Å²) in [5, 5.41) is 0. The molecule has 0 fully saturated rings. The van der Waals surface area contributed by atoms with E-state index in [9.17, 15) is 19.0 Å². The number of phosphoric ester groups is 1. The van der Waals surface area contributed by atoms with Gasteiger partial charge < -0.3 is 20.1 Å². The largest absolute Gasteiger partial charge is 0.472 e. The van der Waals surface area contributed by atoms with E-state index in [1.54, 1.807) is 0 Å². The van der Waals surface area contributed by atoms with E-state index >= 15 is 0 Å². The van der Waals surface area contributed by atoms with Gasteiger partial charge in [0, 0.05) is 19.4 Å². The van der Waals surface area contributed by atoms with Gasteiger partial charge in [-0.3, -0.25) is 18.6 Å². The van der Waals surface area contributed by atoms with Crippen LogP contribution >= 0.6 is 7.82 Å². The molecule has 0 aliphatic rings. The van der Waals surface area contributed by atoms with Crippen LogP contribution in [-0.2, 0) is 32.7 Å². The molecule has 48 heavy (non-hydrogen) atoms. The zero-order valence-electron chi connectivity index (χ0n) is 30.7. The average molecular weight is 702 g/mol. The van der Waals surface area contributed by atoms with Crippen LogP contribution in [0.4, 0.5) is 0 Å². The molecule has 3 N–H and O–H groups in total. The van der Waals surface area contributed by atoms with Crippen molar-refractivity contribution in [1.29, 1.82) is 0 Å². The van der Waals surface area contributed by atoms with Crippen LogP contribution in [0.5, 0.6) is 0 Å². The summed E-state index contributed by atoms with van der Waals surface area (Å²) < 4.78 is 32.6. The monoisotopic (exact) mass is 701 g/mol. The van der Waals surface area contributed by atoms with E-state index in [1.807, 2.05) is 0 Å². The Morgan fingerprint density at radius 3 is 1.62 bits per heavy atom. The first-order valence-electron chi connectivity index (χ1n) is 19.3. The maximum atomic E-state index is 12.5. The number of esters is 2. The zero-order valence-corrected chi connectivity index (χ0v) is 31.6. The predicted molar refractivity (Wildman–Crippen MR) is 197 cm³/mol. The van der Waals surface area contributed by atoms with Gasteiger partial charge in [-0.05, 0) is 44.9 Å². The number of hydrogen-bond donors (Lipinski definition) is 2. The fourth-order valence-corrected chi connectivity index (χ4v) is 5.96. The standard InChI is InChI=1S/C38H72NO8P/c1-3-5-7-9-11-13-15-17-18-19-21-23-25-27-29-31-38(41)47-36(35-46-48(42,43)45-33-32-39)34-44-37(40)30-28-26-24-22-20-16-14-12-10-8-6-4-2/h11,13,17-18,36H,3-10,12,14-16,19-35,39H2,1-2H3,(H,42,43)/b13-11+,18-17+/t36-/m1/s1. The SMILES string of the molecule is CCCCC/C=C/C/C=C/CCCCCCCC(=O)O[C@H](COC(=O)CCCCCCCCCCCCCC)COP(=O)(O)OCCN. The summed E-state index contributed by atoms with van der Waals surface area (Å²) in [6, 6.07) is 0. The van der Waals surface area contributed by atoms with Crippen LogP contribution in [0.1, 0.15) is 174 Å². The van der Waals surface area contributed by atoms with Crippen LogP contribution in [0.2, 0.25) is 0 Å². The van der Waals surface area contributed by atoms with Crippen LogP contribution in [-0.4, -0.2) is 49.3 Å². The number of nitrogens with two attached hydrogens (primary N) is 1. The molecule has 0 spiro atoms. The summed E-state index contributed by atoms with van der Waals surface area (Å²) in [4.78, 5) is 34.7. The van der Waals surface area contributed by atoms with Gasteiger partial charge in [-0.2, -0.15) is 0 Å². The molecule has 0 radical (unpaired) electrons. The van der Waals surface area contributed by atoms with Gasteiger partial charge in [-0.15, -0.1) is 0 Å². The molecule has 0 amide bonds. The van der Waals surface area contributed by atoms with Crippen molar-refractivity contribution in [2.75, 3.05) is 26.4 Å². The second-order valence-corrected chi connectivity index (χ2v) is 14.3. The lowest BCUT2D eigenvalue weighted by Gasteiger charge is -2.19.